The lowest BCUT2D eigenvalue weighted by molar-refractivity contribution is 0.0322. The van der Waals surface area contributed by atoms with Crippen molar-refractivity contribution in [1.29, 1.82) is 0 Å². The number of carbonyl (C=O) groups excluding carboxylic acids is 1. The van der Waals surface area contributed by atoms with Crippen LogP contribution in [0.1, 0.15) is 11.1 Å². The first kappa shape index (κ1) is 20.6. The summed E-state index contributed by atoms with van der Waals surface area (Å²) >= 11 is 3.46. The zero-order valence-electron chi connectivity index (χ0n) is 16.0. The standard InChI is InChI=1S/C21H26BrN3O3/c1-16-13-18(5-6-20(16)22)24-21(26)23-15-17-3-2-4-19(14-17)28-12-9-25-7-10-27-11-8-25/h2-6,13-14H,7-12,15H2,1H3,(H2,23,24,26). The highest BCUT2D eigenvalue weighted by atomic mass is 79.9. The lowest BCUT2D eigenvalue weighted by Crippen LogP contribution is -2.38. The smallest absolute Gasteiger partial charge is 0.319 e. The lowest BCUT2D eigenvalue weighted by Gasteiger charge is -2.26. The highest BCUT2D eigenvalue weighted by molar-refractivity contribution is 9.10. The number of hydrogen-bond acceptors (Lipinski definition) is 4. The lowest BCUT2D eigenvalue weighted by atomic mass is 10.2. The number of rotatable bonds is 7. The molecule has 0 saturated carbocycles. The Balaban J connectivity index is 1.43. The normalized spacial score (nSPS) is 14.5. The average Bonchev–Trinajstić information content (AvgIpc) is 2.70. The van der Waals surface area contributed by atoms with Gasteiger partial charge < -0.3 is 20.1 Å². The zero-order valence-corrected chi connectivity index (χ0v) is 17.6. The monoisotopic (exact) mass is 447 g/mol. The second kappa shape index (κ2) is 10.5. The van der Waals surface area contributed by atoms with Crippen LogP contribution in [0.4, 0.5) is 10.5 Å². The van der Waals surface area contributed by atoms with E-state index in [4.69, 9.17) is 9.47 Å². The third-order valence-electron chi connectivity index (χ3n) is 4.55. The van der Waals surface area contributed by atoms with Crippen LogP contribution in [0.3, 0.4) is 0 Å². The van der Waals surface area contributed by atoms with Crippen molar-refractivity contribution in [2.24, 2.45) is 0 Å². The minimum Gasteiger partial charge on any atom is -0.492 e. The maximum absolute atomic E-state index is 12.1. The van der Waals surface area contributed by atoms with Crippen LogP contribution in [-0.2, 0) is 11.3 Å². The second-order valence-corrected chi connectivity index (χ2v) is 7.58. The van der Waals surface area contributed by atoms with Gasteiger partial charge in [-0.1, -0.05) is 28.1 Å². The van der Waals surface area contributed by atoms with Crippen molar-refractivity contribution in [3.8, 4) is 5.75 Å². The summed E-state index contributed by atoms with van der Waals surface area (Å²) in [5.74, 6) is 0.816. The third-order valence-corrected chi connectivity index (χ3v) is 5.44. The number of nitrogens with zero attached hydrogens (tertiary/aromatic N) is 1. The maximum atomic E-state index is 12.1. The van der Waals surface area contributed by atoms with Crippen molar-refractivity contribution in [3.05, 3.63) is 58.1 Å². The average molecular weight is 448 g/mol. The summed E-state index contributed by atoms with van der Waals surface area (Å²) in [7, 11) is 0. The van der Waals surface area contributed by atoms with Crippen LogP contribution < -0.4 is 15.4 Å². The molecule has 2 amide bonds. The minimum atomic E-state index is -0.236. The molecule has 0 unspecified atom stereocenters. The molecule has 7 heteroatoms. The Morgan fingerprint density at radius 3 is 2.82 bits per heavy atom. The first-order valence-electron chi connectivity index (χ1n) is 9.43. The Kier molecular flexibility index (Phi) is 7.71. The van der Waals surface area contributed by atoms with E-state index in [1.54, 1.807) is 0 Å². The Labute approximate surface area is 174 Å². The molecule has 3 rings (SSSR count). The number of urea groups is 1. The van der Waals surface area contributed by atoms with Crippen LogP contribution in [0.5, 0.6) is 5.75 Å². The van der Waals surface area contributed by atoms with Crippen LogP contribution in [0.15, 0.2) is 46.9 Å². The molecule has 0 spiro atoms. The van der Waals surface area contributed by atoms with Gasteiger partial charge >= 0.3 is 6.03 Å². The molecule has 2 N–H and O–H groups in total. The molecule has 2 aromatic rings. The van der Waals surface area contributed by atoms with Crippen molar-refractivity contribution in [2.75, 3.05) is 44.8 Å². The molecule has 0 radical (unpaired) electrons. The Hall–Kier alpha value is -2.09. The molecule has 6 nitrogen and oxygen atoms in total. The summed E-state index contributed by atoms with van der Waals surface area (Å²) in [5.41, 5.74) is 2.82. The Morgan fingerprint density at radius 1 is 1.21 bits per heavy atom. The quantitative estimate of drug-likeness (QED) is 0.677. The number of ether oxygens (including phenoxy) is 2. The molecule has 2 aromatic carbocycles. The van der Waals surface area contributed by atoms with E-state index in [9.17, 15) is 4.79 Å². The maximum Gasteiger partial charge on any atom is 0.319 e. The van der Waals surface area contributed by atoms with Gasteiger partial charge in [-0.15, -0.1) is 0 Å². The molecular weight excluding hydrogens is 422 g/mol. The van der Waals surface area contributed by atoms with Gasteiger partial charge in [0.1, 0.15) is 12.4 Å². The van der Waals surface area contributed by atoms with Crippen LogP contribution >= 0.6 is 15.9 Å². The van der Waals surface area contributed by atoms with Crippen LogP contribution in [0.25, 0.3) is 0 Å². The number of amides is 2. The first-order valence-corrected chi connectivity index (χ1v) is 10.2. The van der Waals surface area contributed by atoms with Crippen molar-refractivity contribution < 1.29 is 14.3 Å². The van der Waals surface area contributed by atoms with Gasteiger partial charge in [0, 0.05) is 36.3 Å². The van der Waals surface area contributed by atoms with Crippen LogP contribution in [0, 0.1) is 6.92 Å². The van der Waals surface area contributed by atoms with Gasteiger partial charge in [-0.2, -0.15) is 0 Å². The number of carbonyl (C=O) groups is 1. The molecule has 0 atom stereocenters. The van der Waals surface area contributed by atoms with Gasteiger partial charge in [0.05, 0.1) is 13.2 Å². The fraction of sp³-hybridized carbons (Fsp3) is 0.381. The van der Waals surface area contributed by atoms with Crippen molar-refractivity contribution in [1.82, 2.24) is 10.2 Å². The van der Waals surface area contributed by atoms with E-state index in [1.807, 2.05) is 49.4 Å². The van der Waals surface area contributed by atoms with Gasteiger partial charge in [0.15, 0.2) is 0 Å². The summed E-state index contributed by atoms with van der Waals surface area (Å²) in [6.07, 6.45) is 0. The number of benzene rings is 2. The van der Waals surface area contributed by atoms with E-state index in [1.165, 1.54) is 0 Å². The number of aryl methyl sites for hydroxylation is 1. The molecule has 0 bridgehead atoms. The number of anilines is 1. The highest BCUT2D eigenvalue weighted by Crippen LogP contribution is 2.20. The summed E-state index contributed by atoms with van der Waals surface area (Å²) < 4.78 is 12.2. The molecule has 1 saturated heterocycles. The largest absolute Gasteiger partial charge is 0.492 e. The molecule has 0 aliphatic carbocycles. The van der Waals surface area contributed by atoms with E-state index < -0.39 is 0 Å². The van der Waals surface area contributed by atoms with Crippen LogP contribution in [0.2, 0.25) is 0 Å². The predicted octanol–water partition coefficient (Wildman–Crippen LogP) is 3.79. The minimum absolute atomic E-state index is 0.236. The highest BCUT2D eigenvalue weighted by Gasteiger charge is 2.10. The Morgan fingerprint density at radius 2 is 2.04 bits per heavy atom. The molecule has 0 aromatic heterocycles. The number of hydrogen-bond donors (Lipinski definition) is 2. The van der Waals surface area contributed by atoms with E-state index in [0.717, 1.165) is 59.9 Å². The molecule has 1 aliphatic rings. The van der Waals surface area contributed by atoms with Crippen molar-refractivity contribution in [3.63, 3.8) is 0 Å². The summed E-state index contributed by atoms with van der Waals surface area (Å²) in [6.45, 7) is 7.45. The SMILES string of the molecule is Cc1cc(NC(=O)NCc2cccc(OCCN3CCOCC3)c2)ccc1Br. The van der Waals surface area contributed by atoms with Gasteiger partial charge in [0.2, 0.25) is 0 Å². The van der Waals surface area contributed by atoms with Crippen LogP contribution in [-0.4, -0.2) is 50.4 Å². The zero-order chi connectivity index (χ0) is 19.8. The fourth-order valence-corrected chi connectivity index (χ4v) is 3.19. The summed E-state index contributed by atoms with van der Waals surface area (Å²) in [6, 6.07) is 13.3. The van der Waals surface area contributed by atoms with Crippen molar-refractivity contribution in [2.45, 2.75) is 13.5 Å². The molecule has 1 heterocycles. The van der Waals surface area contributed by atoms with Crippen molar-refractivity contribution >= 4 is 27.6 Å². The fourth-order valence-electron chi connectivity index (χ4n) is 2.94. The van der Waals surface area contributed by atoms with E-state index in [0.29, 0.717) is 13.2 Å². The van der Waals surface area contributed by atoms with E-state index in [-0.39, 0.29) is 6.03 Å². The molecular formula is C21H26BrN3O3. The Bertz CT molecular complexity index is 794. The predicted molar refractivity (Wildman–Crippen MR) is 114 cm³/mol. The van der Waals surface area contributed by atoms with Gasteiger partial charge in [-0.05, 0) is 48.4 Å². The van der Waals surface area contributed by atoms with Gasteiger partial charge in [-0.25, -0.2) is 4.79 Å². The topological polar surface area (TPSA) is 62.8 Å². The third kappa shape index (κ3) is 6.51. The first-order chi connectivity index (χ1) is 13.6. The molecule has 28 heavy (non-hydrogen) atoms. The number of halogens is 1. The van der Waals surface area contributed by atoms with E-state index in [2.05, 4.69) is 31.5 Å². The number of nitrogens with one attached hydrogen (secondary N) is 2. The second-order valence-electron chi connectivity index (χ2n) is 6.72. The molecule has 150 valence electrons. The van der Waals surface area contributed by atoms with E-state index >= 15 is 0 Å². The van der Waals surface area contributed by atoms with Gasteiger partial charge in [0.25, 0.3) is 0 Å². The van der Waals surface area contributed by atoms with Gasteiger partial charge in [-0.3, -0.25) is 4.90 Å². The summed E-state index contributed by atoms with van der Waals surface area (Å²) in [4.78, 5) is 14.5. The molecule has 1 fully saturated rings. The summed E-state index contributed by atoms with van der Waals surface area (Å²) in [5, 5.41) is 5.72. The molecule has 1 aliphatic heterocycles. The number of morpholine rings is 1.